The van der Waals surface area contributed by atoms with Gasteiger partial charge in [0.2, 0.25) is 0 Å². The van der Waals surface area contributed by atoms with Crippen molar-refractivity contribution in [3.63, 3.8) is 0 Å². The first-order valence-electron chi connectivity index (χ1n) is 13.5. The van der Waals surface area contributed by atoms with Crippen LogP contribution in [0.1, 0.15) is 22.3 Å². The minimum atomic E-state index is -6.76. The Morgan fingerprint density at radius 1 is 0.650 bits per heavy atom. The fraction of sp³-hybridized carbons (Fsp3) is 0.118. The maximum absolute atomic E-state index is 13.6. The molecule has 0 heterocycles. The van der Waals surface area contributed by atoms with Crippen LogP contribution in [0.5, 0.6) is 0 Å². The molecule has 0 atom stereocenters. The van der Waals surface area contributed by atoms with Gasteiger partial charge in [-0.05, 0) is 0 Å². The van der Waals surface area contributed by atoms with Gasteiger partial charge in [0.25, 0.3) is 0 Å². The molecule has 6 heteroatoms. The summed E-state index contributed by atoms with van der Waals surface area (Å²) in [5.41, 5.74) is 8.71. The van der Waals surface area contributed by atoms with E-state index in [-0.39, 0.29) is 0 Å². The summed E-state index contributed by atoms with van der Waals surface area (Å²) in [5.74, 6) is -1.29. The molecule has 4 aromatic carbocycles. The first-order chi connectivity index (χ1) is 18.9. The molecule has 0 saturated heterocycles. The van der Waals surface area contributed by atoms with E-state index in [2.05, 4.69) is 49.6 Å². The fourth-order valence-electron chi connectivity index (χ4n) is 7.50. The Kier molecular flexibility index (Phi) is 5.09. The Hall–Kier alpha value is -3.77. The fourth-order valence-corrected chi connectivity index (χ4v) is 22.3. The van der Waals surface area contributed by atoms with E-state index >= 15 is 0 Å². The van der Waals surface area contributed by atoms with Crippen molar-refractivity contribution in [2.45, 2.75) is 23.3 Å². The molecule has 2 aliphatic carbocycles. The predicted octanol–water partition coefficient (Wildman–Crippen LogP) is 5.47. The van der Waals surface area contributed by atoms with Crippen LogP contribution >= 0.6 is 0 Å². The van der Waals surface area contributed by atoms with E-state index in [4.69, 9.17) is 6.64 Å². The summed E-state index contributed by atoms with van der Waals surface area (Å²) in [5, 5.41) is 3.83. The number of carbonyl (C=O) groups is 2. The van der Waals surface area contributed by atoms with Crippen LogP contribution < -0.4 is 7.74 Å². The van der Waals surface area contributed by atoms with Gasteiger partial charge in [-0.2, -0.15) is 0 Å². The average molecular weight is 581 g/mol. The summed E-state index contributed by atoms with van der Waals surface area (Å²) in [6.45, 7) is 7.46. The molecule has 2 aliphatic rings. The summed E-state index contributed by atoms with van der Waals surface area (Å²) in [6, 6.07) is 28.7. The minimum absolute atomic E-state index is 0.626. The number of rotatable bonds is 6. The second-order valence-corrected chi connectivity index (χ2v) is 39.7. The van der Waals surface area contributed by atoms with E-state index in [1.165, 1.54) is 11.1 Å². The van der Waals surface area contributed by atoms with Crippen molar-refractivity contribution in [3.8, 4) is 22.3 Å². The second kappa shape index (κ2) is 7.70. The molecule has 0 fully saturated rings. The molecule has 0 N–H and O–H groups in total. The molecule has 0 amide bonds. The van der Waals surface area contributed by atoms with E-state index in [0.29, 0.717) is 12.8 Å². The third-order valence-electron chi connectivity index (χ3n) is 9.24. The molecular weight excluding hydrogens is 548 g/mol. The summed E-state index contributed by atoms with van der Waals surface area (Å²) in [7, 11) is 1.56. The van der Waals surface area contributed by atoms with Crippen LogP contribution in [0.2, 0.25) is 10.5 Å². The first-order valence-corrected chi connectivity index (χ1v) is 23.5. The number of benzene rings is 4. The average Bonchev–Trinajstić information content (AvgIpc) is 3.51. The normalized spacial score (nSPS) is 15.5. The standard InChI is InChI=1S/2C13H9.2C3H4O2.2CH3.H2Si.Ti/c2*1-3-7-12-10(5-1)9-11-6-2-4-8-13(11)12;2*1-2-3(4)5;;;;/h2*1-5,7-8H,9H2;2*2H,1H2,(H,4,5);2*1H3;1H2;/q;;;;;;;+2/p-2. The number of hydrogen-bond acceptors (Lipinski definition) is 4. The van der Waals surface area contributed by atoms with Crippen molar-refractivity contribution in [1.29, 1.82) is 0 Å². The third-order valence-corrected chi connectivity index (χ3v) is 25.1. The van der Waals surface area contributed by atoms with Gasteiger partial charge in [-0.1, -0.05) is 0 Å². The molecule has 0 unspecified atom stereocenters. The summed E-state index contributed by atoms with van der Waals surface area (Å²) in [6.07, 6.45) is 3.56. The Balaban J connectivity index is 1.83. The Bertz CT molecular complexity index is 1840. The molecule has 6 rings (SSSR count). The van der Waals surface area contributed by atoms with Crippen molar-refractivity contribution in [1.82, 2.24) is 0 Å². The van der Waals surface area contributed by atoms with E-state index in [0.717, 1.165) is 53.3 Å². The molecule has 0 bridgehead atoms. The number of fused-ring (bicyclic) bond motifs is 6. The van der Waals surface area contributed by atoms with Crippen LogP contribution in [0.4, 0.5) is 0 Å². The van der Waals surface area contributed by atoms with Gasteiger partial charge < -0.3 is 0 Å². The number of hydrogen-bond donors (Lipinski definition) is 0. The predicted molar refractivity (Wildman–Crippen MR) is 161 cm³/mol. The van der Waals surface area contributed by atoms with Gasteiger partial charge in [0.1, 0.15) is 0 Å². The van der Waals surface area contributed by atoms with Gasteiger partial charge in [-0.15, -0.1) is 0 Å². The van der Waals surface area contributed by atoms with Crippen LogP contribution in [-0.4, -0.2) is 19.6 Å². The van der Waals surface area contributed by atoms with Crippen LogP contribution in [-0.2, 0) is 41.3 Å². The van der Waals surface area contributed by atoms with E-state index < -0.39 is 24.2 Å². The second-order valence-electron chi connectivity index (χ2n) is 12.9. The van der Waals surface area contributed by atoms with Crippen LogP contribution in [0.25, 0.3) is 22.3 Å². The molecule has 200 valence electrons. The van der Waals surface area contributed by atoms with Crippen LogP contribution in [0.3, 0.4) is 0 Å². The zero-order valence-corrected chi connectivity index (χ0v) is 25.9. The molecular formula is C34H32O4SiTi. The molecule has 4 aromatic rings. The maximum atomic E-state index is 13.6. The number of carbonyl (C=O) groups excluding carboxylic acids is 2. The molecule has 4 nitrogen and oxygen atoms in total. The molecule has 40 heavy (non-hydrogen) atoms. The molecule has 0 aliphatic heterocycles. The van der Waals surface area contributed by atoms with Crippen LogP contribution in [0.15, 0.2) is 110 Å². The van der Waals surface area contributed by atoms with Gasteiger partial charge in [0, 0.05) is 0 Å². The van der Waals surface area contributed by atoms with Gasteiger partial charge in [-0.25, -0.2) is 0 Å². The molecule has 0 radical (unpaired) electrons. The molecule has 0 spiro atoms. The van der Waals surface area contributed by atoms with Crippen molar-refractivity contribution >= 4 is 27.3 Å². The summed E-state index contributed by atoms with van der Waals surface area (Å²) < 4.78 is 15.3. The Morgan fingerprint density at radius 2 is 1.02 bits per heavy atom. The van der Waals surface area contributed by atoms with Gasteiger partial charge in [-0.3, -0.25) is 0 Å². The Morgan fingerprint density at radius 3 is 1.43 bits per heavy atom. The van der Waals surface area contributed by atoms with Gasteiger partial charge >= 0.3 is 234 Å². The summed E-state index contributed by atoms with van der Waals surface area (Å²) in [4.78, 5) is 27.2. The van der Waals surface area contributed by atoms with E-state index in [1.54, 1.807) is 7.63 Å². The zero-order valence-electron chi connectivity index (χ0n) is 22.9. The monoisotopic (exact) mass is 580 g/mol. The van der Waals surface area contributed by atoms with Crippen molar-refractivity contribution in [3.05, 3.63) is 132 Å². The topological polar surface area (TPSA) is 52.6 Å². The van der Waals surface area contributed by atoms with Crippen molar-refractivity contribution < 1.29 is 28.5 Å². The first kappa shape index (κ1) is 26.5. The third kappa shape index (κ3) is 3.35. The van der Waals surface area contributed by atoms with E-state index in [9.17, 15) is 9.59 Å². The SMILES string of the molecule is C=CC(=O)[O][Ti]([CH3])([CH3])(=[SiH2])([O]C(=O)C=C)([c]1cccc2c1Cc1ccccc1-2)[c]1cccc2c1Cc1ccccc1-2. The van der Waals surface area contributed by atoms with Gasteiger partial charge in [0.05, 0.1) is 0 Å². The van der Waals surface area contributed by atoms with Crippen molar-refractivity contribution in [2.75, 3.05) is 0 Å². The van der Waals surface area contributed by atoms with Crippen molar-refractivity contribution in [2.24, 2.45) is 0 Å². The Labute approximate surface area is 232 Å². The summed E-state index contributed by atoms with van der Waals surface area (Å²) >= 11 is -6.76. The molecule has 0 saturated carbocycles. The van der Waals surface area contributed by atoms with E-state index in [1.807, 2.05) is 59.0 Å². The van der Waals surface area contributed by atoms with Gasteiger partial charge in [0.15, 0.2) is 0 Å². The quantitative estimate of drug-likeness (QED) is 0.194. The zero-order chi connectivity index (χ0) is 28.4. The molecule has 0 aromatic heterocycles. The van der Waals surface area contributed by atoms with Crippen LogP contribution in [0, 0.1) is 0 Å².